The Kier molecular flexibility index (Phi) is 2.79. The molecule has 3 heteroatoms. The largest absolute Gasteiger partial charge is 0.388 e. The molecule has 0 saturated heterocycles. The van der Waals surface area contributed by atoms with Crippen LogP contribution in [0.3, 0.4) is 0 Å². The first-order chi connectivity index (χ1) is 5.16. The van der Waals surface area contributed by atoms with Crippen LogP contribution in [-0.2, 0) is 0 Å². The molecule has 60 valence electrons. The van der Waals surface area contributed by atoms with E-state index in [1.807, 2.05) is 26.1 Å². The Hall–Kier alpha value is -0.210. The van der Waals surface area contributed by atoms with Gasteiger partial charge >= 0.3 is 0 Å². The first-order valence-corrected chi connectivity index (χ1v) is 4.46. The van der Waals surface area contributed by atoms with Gasteiger partial charge in [0.15, 0.2) is 0 Å². The lowest BCUT2D eigenvalue weighted by Gasteiger charge is -2.07. The van der Waals surface area contributed by atoms with E-state index in [0.29, 0.717) is 0 Å². The highest BCUT2D eigenvalue weighted by molar-refractivity contribution is 9.10. The number of anilines is 1. The molecule has 1 rings (SSSR count). The van der Waals surface area contributed by atoms with Gasteiger partial charge < -0.3 is 5.32 Å². The standard InChI is InChI=1S/C8H9BrClN/c1-5-7(11-2)4-3-6(9)8(5)10/h3-4,11H,1-2H3. The highest BCUT2D eigenvalue weighted by Gasteiger charge is 2.03. The first-order valence-electron chi connectivity index (χ1n) is 3.29. The van der Waals surface area contributed by atoms with Crippen molar-refractivity contribution in [2.75, 3.05) is 12.4 Å². The lowest BCUT2D eigenvalue weighted by molar-refractivity contribution is 1.39. The molecule has 1 aromatic carbocycles. The van der Waals surface area contributed by atoms with Crippen LogP contribution in [0.25, 0.3) is 0 Å². The van der Waals surface area contributed by atoms with Crippen molar-refractivity contribution in [3.8, 4) is 0 Å². The highest BCUT2D eigenvalue weighted by atomic mass is 79.9. The zero-order chi connectivity index (χ0) is 8.43. The van der Waals surface area contributed by atoms with E-state index in [4.69, 9.17) is 11.6 Å². The van der Waals surface area contributed by atoms with Gasteiger partial charge in [0, 0.05) is 17.2 Å². The van der Waals surface area contributed by atoms with E-state index in [9.17, 15) is 0 Å². The van der Waals surface area contributed by atoms with Gasteiger partial charge in [0.05, 0.1) is 5.02 Å². The van der Waals surface area contributed by atoms with Crippen LogP contribution in [0.4, 0.5) is 5.69 Å². The van der Waals surface area contributed by atoms with E-state index in [0.717, 1.165) is 20.7 Å². The third-order valence-corrected chi connectivity index (χ3v) is 2.98. The van der Waals surface area contributed by atoms with E-state index in [1.54, 1.807) is 0 Å². The SMILES string of the molecule is CNc1ccc(Br)c(Cl)c1C. The van der Waals surface area contributed by atoms with Crippen molar-refractivity contribution in [3.63, 3.8) is 0 Å². The molecule has 0 aromatic heterocycles. The second kappa shape index (κ2) is 3.46. The maximum Gasteiger partial charge on any atom is 0.0597 e. The van der Waals surface area contributed by atoms with Crippen molar-refractivity contribution in [2.24, 2.45) is 0 Å². The lowest BCUT2D eigenvalue weighted by atomic mass is 10.2. The third kappa shape index (κ3) is 1.68. The molecule has 0 amide bonds. The minimum atomic E-state index is 0.775. The number of benzene rings is 1. The van der Waals surface area contributed by atoms with Crippen molar-refractivity contribution < 1.29 is 0 Å². The normalized spacial score (nSPS) is 9.82. The summed E-state index contributed by atoms with van der Waals surface area (Å²) in [5.41, 5.74) is 2.14. The van der Waals surface area contributed by atoms with E-state index in [2.05, 4.69) is 21.2 Å². The zero-order valence-electron chi connectivity index (χ0n) is 6.41. The molecule has 0 aliphatic heterocycles. The maximum atomic E-state index is 5.97. The monoisotopic (exact) mass is 233 g/mol. The fourth-order valence-electron chi connectivity index (χ4n) is 0.923. The van der Waals surface area contributed by atoms with Crippen molar-refractivity contribution in [1.82, 2.24) is 0 Å². The third-order valence-electron chi connectivity index (χ3n) is 1.61. The smallest absolute Gasteiger partial charge is 0.0597 e. The van der Waals surface area contributed by atoms with Crippen molar-refractivity contribution >= 4 is 33.2 Å². The zero-order valence-corrected chi connectivity index (χ0v) is 8.75. The number of rotatable bonds is 1. The fourth-order valence-corrected chi connectivity index (χ4v) is 1.52. The summed E-state index contributed by atoms with van der Waals surface area (Å²) in [5, 5.41) is 3.83. The molecule has 0 bridgehead atoms. The first kappa shape index (κ1) is 8.88. The summed E-state index contributed by atoms with van der Waals surface area (Å²) in [6, 6.07) is 3.92. The maximum absolute atomic E-state index is 5.97. The van der Waals surface area contributed by atoms with Crippen LogP contribution in [0.15, 0.2) is 16.6 Å². The molecule has 1 aromatic rings. The summed E-state index contributed by atoms with van der Waals surface area (Å²) < 4.78 is 0.940. The summed E-state index contributed by atoms with van der Waals surface area (Å²) in [6.07, 6.45) is 0. The lowest BCUT2D eigenvalue weighted by Crippen LogP contribution is -1.91. The van der Waals surface area contributed by atoms with Crippen molar-refractivity contribution in [3.05, 3.63) is 27.2 Å². The van der Waals surface area contributed by atoms with E-state index in [-0.39, 0.29) is 0 Å². The van der Waals surface area contributed by atoms with Gasteiger partial charge in [-0.3, -0.25) is 0 Å². The summed E-state index contributed by atoms with van der Waals surface area (Å²) in [5.74, 6) is 0. The van der Waals surface area contributed by atoms with Crippen LogP contribution in [-0.4, -0.2) is 7.05 Å². The summed E-state index contributed by atoms with van der Waals surface area (Å²) in [4.78, 5) is 0. The van der Waals surface area contributed by atoms with Crippen LogP contribution < -0.4 is 5.32 Å². The Morgan fingerprint density at radius 2 is 2.09 bits per heavy atom. The van der Waals surface area contributed by atoms with Crippen LogP contribution >= 0.6 is 27.5 Å². The van der Waals surface area contributed by atoms with Crippen molar-refractivity contribution in [2.45, 2.75) is 6.92 Å². The number of hydrogen-bond acceptors (Lipinski definition) is 1. The van der Waals surface area contributed by atoms with Crippen LogP contribution in [0.1, 0.15) is 5.56 Å². The molecular formula is C8H9BrClN. The van der Waals surface area contributed by atoms with E-state index < -0.39 is 0 Å². The van der Waals surface area contributed by atoms with Gasteiger partial charge in [0.1, 0.15) is 0 Å². The molecular weight excluding hydrogens is 225 g/mol. The quantitative estimate of drug-likeness (QED) is 0.785. The molecule has 1 nitrogen and oxygen atoms in total. The number of nitrogens with one attached hydrogen (secondary N) is 1. The number of halogens is 2. The van der Waals surface area contributed by atoms with Gasteiger partial charge in [-0.1, -0.05) is 11.6 Å². The molecule has 0 spiro atoms. The Morgan fingerprint density at radius 1 is 1.45 bits per heavy atom. The van der Waals surface area contributed by atoms with Gasteiger partial charge in [-0.2, -0.15) is 0 Å². The summed E-state index contributed by atoms with van der Waals surface area (Å²) in [6.45, 7) is 1.99. The minimum absolute atomic E-state index is 0.775. The van der Waals surface area contributed by atoms with Gasteiger partial charge in [0.2, 0.25) is 0 Å². The van der Waals surface area contributed by atoms with Gasteiger partial charge in [-0.15, -0.1) is 0 Å². The average Bonchev–Trinajstić information content (AvgIpc) is 2.01. The topological polar surface area (TPSA) is 12.0 Å². The Labute approximate surface area is 79.9 Å². The molecule has 0 unspecified atom stereocenters. The molecule has 0 aliphatic rings. The van der Waals surface area contributed by atoms with E-state index >= 15 is 0 Å². The highest BCUT2D eigenvalue weighted by Crippen LogP contribution is 2.30. The molecule has 11 heavy (non-hydrogen) atoms. The predicted molar refractivity (Wildman–Crippen MR) is 53.4 cm³/mol. The van der Waals surface area contributed by atoms with Crippen LogP contribution in [0.5, 0.6) is 0 Å². The molecule has 1 N–H and O–H groups in total. The molecule has 0 atom stereocenters. The Morgan fingerprint density at radius 3 is 2.64 bits per heavy atom. The van der Waals surface area contributed by atoms with Gasteiger partial charge in [-0.25, -0.2) is 0 Å². The Balaban J connectivity index is 3.25. The molecule has 0 fully saturated rings. The molecule has 0 radical (unpaired) electrons. The minimum Gasteiger partial charge on any atom is -0.388 e. The second-order valence-corrected chi connectivity index (χ2v) is 3.52. The van der Waals surface area contributed by atoms with Crippen LogP contribution in [0, 0.1) is 6.92 Å². The predicted octanol–water partition coefficient (Wildman–Crippen LogP) is 3.45. The Bertz CT molecular complexity index is 273. The average molecular weight is 235 g/mol. The second-order valence-electron chi connectivity index (χ2n) is 2.28. The molecule has 0 aliphatic carbocycles. The summed E-state index contributed by atoms with van der Waals surface area (Å²) in [7, 11) is 1.88. The molecule has 0 saturated carbocycles. The fraction of sp³-hybridized carbons (Fsp3) is 0.250. The molecule has 0 heterocycles. The van der Waals surface area contributed by atoms with Gasteiger partial charge in [0.25, 0.3) is 0 Å². The number of hydrogen-bond donors (Lipinski definition) is 1. The van der Waals surface area contributed by atoms with Crippen LogP contribution in [0.2, 0.25) is 5.02 Å². The van der Waals surface area contributed by atoms with Crippen molar-refractivity contribution in [1.29, 1.82) is 0 Å². The van der Waals surface area contributed by atoms with Gasteiger partial charge in [-0.05, 0) is 40.5 Å². The van der Waals surface area contributed by atoms with E-state index in [1.165, 1.54) is 0 Å². The summed E-state index contributed by atoms with van der Waals surface area (Å²) >= 11 is 9.32.